The van der Waals surface area contributed by atoms with Gasteiger partial charge in [0.25, 0.3) is 11.6 Å². The summed E-state index contributed by atoms with van der Waals surface area (Å²) < 4.78 is 0. The highest BCUT2D eigenvalue weighted by molar-refractivity contribution is 6.04. The van der Waals surface area contributed by atoms with E-state index in [1.165, 1.54) is 17.0 Å². The van der Waals surface area contributed by atoms with Crippen molar-refractivity contribution in [3.63, 3.8) is 0 Å². The predicted octanol–water partition coefficient (Wildman–Crippen LogP) is 1.52. The minimum absolute atomic E-state index is 0.00607. The number of non-ortho nitro benzene ring substituents is 1. The third-order valence-electron chi connectivity index (χ3n) is 3.77. The van der Waals surface area contributed by atoms with Crippen LogP contribution in [-0.2, 0) is 11.3 Å². The second kappa shape index (κ2) is 4.59. The van der Waals surface area contributed by atoms with Crippen LogP contribution in [0.3, 0.4) is 0 Å². The summed E-state index contributed by atoms with van der Waals surface area (Å²) >= 11 is 0. The standard InChI is InChI=1S/C13H13N3O4/c17-12-11-2-1-7-14(11)13(18)15(12)8-9-3-5-10(6-4-9)16(19)20/h3-6,11H,1-2,7-8H2. The first-order chi connectivity index (χ1) is 9.58. The van der Waals surface area contributed by atoms with Gasteiger partial charge in [-0.05, 0) is 18.4 Å². The topological polar surface area (TPSA) is 83.8 Å². The van der Waals surface area contributed by atoms with Crippen LogP contribution in [-0.4, -0.2) is 39.2 Å². The van der Waals surface area contributed by atoms with Crippen molar-refractivity contribution in [2.45, 2.75) is 25.4 Å². The van der Waals surface area contributed by atoms with Crippen LogP contribution in [0, 0.1) is 10.1 Å². The number of amides is 3. The van der Waals surface area contributed by atoms with E-state index in [2.05, 4.69) is 0 Å². The number of nitro groups is 1. The summed E-state index contributed by atoms with van der Waals surface area (Å²) in [6.45, 7) is 0.800. The molecule has 2 fully saturated rings. The lowest BCUT2D eigenvalue weighted by atomic mass is 10.2. The Morgan fingerprint density at radius 1 is 1.25 bits per heavy atom. The van der Waals surface area contributed by atoms with Crippen molar-refractivity contribution < 1.29 is 14.5 Å². The molecule has 0 aliphatic carbocycles. The van der Waals surface area contributed by atoms with Gasteiger partial charge < -0.3 is 4.90 Å². The van der Waals surface area contributed by atoms with Crippen molar-refractivity contribution >= 4 is 17.6 Å². The fourth-order valence-corrected chi connectivity index (χ4v) is 2.73. The predicted molar refractivity (Wildman–Crippen MR) is 68.8 cm³/mol. The number of benzene rings is 1. The minimum Gasteiger partial charge on any atom is -0.312 e. The molecule has 104 valence electrons. The number of hydrogen-bond acceptors (Lipinski definition) is 4. The van der Waals surface area contributed by atoms with Crippen molar-refractivity contribution in [2.75, 3.05) is 6.54 Å². The number of fused-ring (bicyclic) bond motifs is 1. The van der Waals surface area contributed by atoms with Crippen molar-refractivity contribution in [3.8, 4) is 0 Å². The van der Waals surface area contributed by atoms with Gasteiger partial charge >= 0.3 is 6.03 Å². The van der Waals surface area contributed by atoms with E-state index in [0.717, 1.165) is 12.8 Å². The number of carbonyl (C=O) groups is 2. The van der Waals surface area contributed by atoms with Gasteiger partial charge in [0.2, 0.25) is 0 Å². The molecule has 1 aromatic rings. The Bertz CT molecular complexity index is 562. The van der Waals surface area contributed by atoms with Crippen molar-refractivity contribution in [3.05, 3.63) is 39.9 Å². The Balaban J connectivity index is 1.76. The summed E-state index contributed by atoms with van der Waals surface area (Å²) in [4.78, 5) is 37.2. The van der Waals surface area contributed by atoms with Gasteiger partial charge in [-0.15, -0.1) is 0 Å². The molecule has 0 aromatic heterocycles. The Hall–Kier alpha value is -2.44. The van der Waals surface area contributed by atoms with Crippen LogP contribution in [0.2, 0.25) is 0 Å². The summed E-state index contributed by atoms with van der Waals surface area (Å²) in [7, 11) is 0. The van der Waals surface area contributed by atoms with E-state index in [1.807, 2.05) is 0 Å². The van der Waals surface area contributed by atoms with Crippen LogP contribution in [0.5, 0.6) is 0 Å². The Labute approximate surface area is 114 Å². The molecule has 1 unspecified atom stereocenters. The van der Waals surface area contributed by atoms with Gasteiger partial charge in [0, 0.05) is 18.7 Å². The molecule has 2 heterocycles. The Kier molecular flexibility index (Phi) is 2.89. The lowest BCUT2D eigenvalue weighted by Crippen LogP contribution is -2.32. The van der Waals surface area contributed by atoms with Crippen LogP contribution in [0.4, 0.5) is 10.5 Å². The molecule has 0 bridgehead atoms. The van der Waals surface area contributed by atoms with Crippen LogP contribution < -0.4 is 0 Å². The first-order valence-electron chi connectivity index (χ1n) is 6.43. The average molecular weight is 275 g/mol. The Morgan fingerprint density at radius 3 is 2.55 bits per heavy atom. The molecule has 0 saturated carbocycles. The first-order valence-corrected chi connectivity index (χ1v) is 6.43. The van der Waals surface area contributed by atoms with Crippen molar-refractivity contribution in [2.24, 2.45) is 0 Å². The molecule has 2 aliphatic heterocycles. The monoisotopic (exact) mass is 275 g/mol. The first kappa shape index (κ1) is 12.6. The number of hydrogen-bond donors (Lipinski definition) is 0. The van der Waals surface area contributed by atoms with E-state index in [9.17, 15) is 19.7 Å². The van der Waals surface area contributed by atoms with Gasteiger partial charge in [-0.3, -0.25) is 19.8 Å². The highest BCUT2D eigenvalue weighted by atomic mass is 16.6. The minimum atomic E-state index is -0.480. The van der Waals surface area contributed by atoms with Crippen LogP contribution in [0.25, 0.3) is 0 Å². The molecule has 0 N–H and O–H groups in total. The molecule has 0 radical (unpaired) electrons. The number of imide groups is 1. The highest BCUT2D eigenvalue weighted by Crippen LogP contribution is 2.28. The van der Waals surface area contributed by atoms with Gasteiger partial charge in [-0.25, -0.2) is 4.79 Å². The highest BCUT2D eigenvalue weighted by Gasteiger charge is 2.47. The maximum absolute atomic E-state index is 12.1. The molecule has 20 heavy (non-hydrogen) atoms. The largest absolute Gasteiger partial charge is 0.327 e. The molecule has 1 atom stereocenters. The third-order valence-corrected chi connectivity index (χ3v) is 3.77. The zero-order valence-corrected chi connectivity index (χ0v) is 10.7. The van der Waals surface area contributed by atoms with E-state index in [1.54, 1.807) is 17.0 Å². The third kappa shape index (κ3) is 1.91. The maximum atomic E-state index is 12.1. The van der Waals surface area contributed by atoms with E-state index >= 15 is 0 Å². The summed E-state index contributed by atoms with van der Waals surface area (Å²) in [6.07, 6.45) is 1.59. The molecule has 7 nitrogen and oxygen atoms in total. The van der Waals surface area contributed by atoms with Crippen LogP contribution in [0.15, 0.2) is 24.3 Å². The number of rotatable bonds is 3. The van der Waals surface area contributed by atoms with Crippen LogP contribution >= 0.6 is 0 Å². The molecule has 0 spiro atoms. The lowest BCUT2D eigenvalue weighted by molar-refractivity contribution is -0.384. The van der Waals surface area contributed by atoms with Crippen LogP contribution in [0.1, 0.15) is 18.4 Å². The second-order valence-corrected chi connectivity index (χ2v) is 4.98. The van der Waals surface area contributed by atoms with E-state index < -0.39 is 4.92 Å². The maximum Gasteiger partial charge on any atom is 0.327 e. The SMILES string of the molecule is O=C1C2CCCN2C(=O)N1Cc1ccc([N+](=O)[O-])cc1. The van der Waals surface area contributed by atoms with Gasteiger partial charge in [0.05, 0.1) is 11.5 Å². The summed E-state index contributed by atoms with van der Waals surface area (Å²) in [5.41, 5.74) is 0.701. The molecule has 2 saturated heterocycles. The second-order valence-electron chi connectivity index (χ2n) is 4.98. The molecule has 7 heteroatoms. The normalized spacial score (nSPS) is 21.5. The average Bonchev–Trinajstić information content (AvgIpc) is 2.99. The van der Waals surface area contributed by atoms with Gasteiger partial charge in [0.1, 0.15) is 6.04 Å². The van der Waals surface area contributed by atoms with Gasteiger partial charge in [-0.2, -0.15) is 0 Å². The van der Waals surface area contributed by atoms with Crippen molar-refractivity contribution in [1.29, 1.82) is 0 Å². The lowest BCUT2D eigenvalue weighted by Gasteiger charge is -2.15. The smallest absolute Gasteiger partial charge is 0.312 e. The summed E-state index contributed by atoms with van der Waals surface area (Å²) in [6, 6.07) is 5.34. The van der Waals surface area contributed by atoms with E-state index in [0.29, 0.717) is 12.1 Å². The number of nitrogens with zero attached hydrogens (tertiary/aromatic N) is 3. The van der Waals surface area contributed by atoms with E-state index in [4.69, 9.17) is 0 Å². The van der Waals surface area contributed by atoms with Gasteiger partial charge in [-0.1, -0.05) is 12.1 Å². The number of urea groups is 1. The fourth-order valence-electron chi connectivity index (χ4n) is 2.73. The summed E-state index contributed by atoms with van der Waals surface area (Å²) in [5.74, 6) is -0.161. The quantitative estimate of drug-likeness (QED) is 0.475. The Morgan fingerprint density at radius 2 is 1.95 bits per heavy atom. The zero-order chi connectivity index (χ0) is 14.3. The van der Waals surface area contributed by atoms with Gasteiger partial charge in [0.15, 0.2) is 0 Å². The molecule has 3 rings (SSSR count). The molecule has 3 amide bonds. The summed E-state index contributed by atoms with van der Waals surface area (Å²) in [5, 5.41) is 10.6. The van der Waals surface area contributed by atoms with E-state index in [-0.39, 0.29) is 30.2 Å². The molecule has 1 aromatic carbocycles. The zero-order valence-electron chi connectivity index (χ0n) is 10.7. The molecular weight excluding hydrogens is 262 g/mol. The molecule has 2 aliphatic rings. The number of carbonyl (C=O) groups excluding carboxylic acids is 2. The fraction of sp³-hybridized carbons (Fsp3) is 0.385. The molecular formula is C13H13N3O4. The number of nitro benzene ring substituents is 1. The van der Waals surface area contributed by atoms with Crippen molar-refractivity contribution in [1.82, 2.24) is 9.80 Å².